The van der Waals surface area contributed by atoms with Gasteiger partial charge in [0.1, 0.15) is 5.57 Å². The quantitative estimate of drug-likeness (QED) is 0.378. The summed E-state index contributed by atoms with van der Waals surface area (Å²) in [6.45, 7) is 5.76. The van der Waals surface area contributed by atoms with Gasteiger partial charge in [0.25, 0.3) is 11.8 Å². The molecule has 7 heteroatoms. The number of hydrogen-bond acceptors (Lipinski definition) is 4. The monoisotopic (exact) mass is 440 g/mol. The van der Waals surface area contributed by atoms with Gasteiger partial charge in [0.15, 0.2) is 5.11 Å². The lowest BCUT2D eigenvalue weighted by Crippen LogP contribution is -2.54. The van der Waals surface area contributed by atoms with E-state index in [9.17, 15) is 9.59 Å². The maximum Gasteiger partial charge on any atom is 0.270 e. The summed E-state index contributed by atoms with van der Waals surface area (Å²) < 4.78 is 2.02. The van der Waals surface area contributed by atoms with E-state index in [1.807, 2.05) is 61.7 Å². The highest BCUT2D eigenvalue weighted by Crippen LogP contribution is 2.27. The Labute approximate surface area is 191 Å². The van der Waals surface area contributed by atoms with Gasteiger partial charge >= 0.3 is 0 Å². The molecule has 1 aliphatic rings. The number of aromatic nitrogens is 1. The first-order valence-corrected chi connectivity index (χ1v) is 10.4. The van der Waals surface area contributed by atoms with Gasteiger partial charge in [-0.25, -0.2) is 0 Å². The number of carbonyl (C=O) groups excluding carboxylic acids is 2. The summed E-state index contributed by atoms with van der Waals surface area (Å²) in [6, 6.07) is 18.7. The molecule has 1 aromatic heterocycles. The molecule has 1 N–H and O–H groups in total. The SMILES string of the molecule is Cc1ccccc1N1C(=O)/C(=C/c2cc(C)n(-c3ccc(C#N)cc3)c2C)C(=O)NC1=S. The average molecular weight is 441 g/mol. The van der Waals surface area contributed by atoms with Crippen molar-refractivity contribution in [3.8, 4) is 11.8 Å². The maximum absolute atomic E-state index is 13.3. The average Bonchev–Trinajstić information content (AvgIpc) is 3.05. The van der Waals surface area contributed by atoms with Crippen LogP contribution in [-0.4, -0.2) is 21.5 Å². The fourth-order valence-corrected chi connectivity index (χ4v) is 4.14. The number of amides is 2. The van der Waals surface area contributed by atoms with Gasteiger partial charge in [-0.2, -0.15) is 5.26 Å². The molecule has 1 aliphatic heterocycles. The van der Waals surface area contributed by atoms with Crippen molar-refractivity contribution >= 4 is 40.9 Å². The van der Waals surface area contributed by atoms with Crippen LogP contribution in [0.15, 0.2) is 60.2 Å². The molecule has 6 nitrogen and oxygen atoms in total. The number of nitrogens with one attached hydrogen (secondary N) is 1. The number of thiocarbonyl (C=S) groups is 1. The Morgan fingerprint density at radius 1 is 1.03 bits per heavy atom. The molecule has 0 bridgehead atoms. The summed E-state index contributed by atoms with van der Waals surface area (Å²) in [5, 5.41) is 11.7. The van der Waals surface area contributed by atoms with Crippen LogP contribution < -0.4 is 10.2 Å². The number of rotatable bonds is 3. The van der Waals surface area contributed by atoms with Gasteiger partial charge in [-0.15, -0.1) is 0 Å². The normalized spacial score (nSPS) is 15.1. The summed E-state index contributed by atoms with van der Waals surface area (Å²) >= 11 is 5.29. The molecule has 0 aliphatic carbocycles. The van der Waals surface area contributed by atoms with E-state index in [0.29, 0.717) is 11.3 Å². The first-order chi connectivity index (χ1) is 15.3. The fourth-order valence-electron chi connectivity index (χ4n) is 3.86. The summed E-state index contributed by atoms with van der Waals surface area (Å²) in [7, 11) is 0. The van der Waals surface area contributed by atoms with E-state index in [-0.39, 0.29) is 10.7 Å². The number of benzene rings is 2. The van der Waals surface area contributed by atoms with E-state index in [0.717, 1.165) is 28.2 Å². The van der Waals surface area contributed by atoms with E-state index in [2.05, 4.69) is 11.4 Å². The van der Waals surface area contributed by atoms with Crippen molar-refractivity contribution < 1.29 is 9.59 Å². The first kappa shape index (κ1) is 21.2. The molecule has 0 atom stereocenters. The summed E-state index contributed by atoms with van der Waals surface area (Å²) in [5.41, 5.74) is 5.56. The van der Waals surface area contributed by atoms with E-state index in [1.54, 1.807) is 24.3 Å². The predicted molar refractivity (Wildman–Crippen MR) is 127 cm³/mol. The lowest BCUT2D eigenvalue weighted by atomic mass is 10.1. The Hall–Kier alpha value is -4.02. The van der Waals surface area contributed by atoms with Gasteiger partial charge < -0.3 is 4.57 Å². The van der Waals surface area contributed by atoms with Gasteiger partial charge in [-0.3, -0.25) is 19.8 Å². The van der Waals surface area contributed by atoms with Crippen LogP contribution in [0.4, 0.5) is 5.69 Å². The highest BCUT2D eigenvalue weighted by atomic mass is 32.1. The number of nitriles is 1. The van der Waals surface area contributed by atoms with Crippen molar-refractivity contribution in [2.45, 2.75) is 20.8 Å². The maximum atomic E-state index is 13.3. The van der Waals surface area contributed by atoms with Crippen LogP contribution in [0.3, 0.4) is 0 Å². The van der Waals surface area contributed by atoms with Crippen LogP contribution in [0.25, 0.3) is 11.8 Å². The van der Waals surface area contributed by atoms with E-state index < -0.39 is 11.8 Å². The number of nitrogens with zero attached hydrogens (tertiary/aromatic N) is 3. The second kappa shape index (κ2) is 8.25. The van der Waals surface area contributed by atoms with E-state index in [1.165, 1.54) is 4.90 Å². The Balaban J connectivity index is 1.77. The van der Waals surface area contributed by atoms with E-state index in [4.69, 9.17) is 17.5 Å². The van der Waals surface area contributed by atoms with Crippen molar-refractivity contribution in [2.24, 2.45) is 0 Å². The highest BCUT2D eigenvalue weighted by Gasteiger charge is 2.35. The van der Waals surface area contributed by atoms with Crippen LogP contribution in [-0.2, 0) is 9.59 Å². The lowest BCUT2D eigenvalue weighted by molar-refractivity contribution is -0.122. The van der Waals surface area contributed by atoms with Crippen molar-refractivity contribution in [1.29, 1.82) is 5.26 Å². The second-order valence-corrected chi connectivity index (χ2v) is 7.95. The minimum absolute atomic E-state index is 0.0157. The predicted octanol–water partition coefficient (Wildman–Crippen LogP) is 4.11. The Kier molecular flexibility index (Phi) is 5.47. The van der Waals surface area contributed by atoms with Crippen LogP contribution in [0.1, 0.15) is 28.1 Å². The largest absolute Gasteiger partial charge is 0.318 e. The van der Waals surface area contributed by atoms with Crippen LogP contribution in [0.2, 0.25) is 0 Å². The van der Waals surface area contributed by atoms with Crippen LogP contribution in [0.5, 0.6) is 0 Å². The first-order valence-electron chi connectivity index (χ1n) is 9.98. The van der Waals surface area contributed by atoms with Crippen molar-refractivity contribution in [3.05, 3.63) is 88.2 Å². The molecular weight excluding hydrogens is 420 g/mol. The molecule has 3 aromatic rings. The summed E-state index contributed by atoms with van der Waals surface area (Å²) in [4.78, 5) is 27.4. The minimum Gasteiger partial charge on any atom is -0.318 e. The summed E-state index contributed by atoms with van der Waals surface area (Å²) in [5.74, 6) is -0.982. The van der Waals surface area contributed by atoms with Crippen LogP contribution >= 0.6 is 12.2 Å². The third-order valence-corrected chi connectivity index (χ3v) is 5.77. The smallest absolute Gasteiger partial charge is 0.270 e. The molecule has 2 amide bonds. The molecule has 0 spiro atoms. The second-order valence-electron chi connectivity index (χ2n) is 7.56. The Morgan fingerprint density at radius 3 is 2.38 bits per heavy atom. The number of anilines is 1. The molecule has 1 fully saturated rings. The third-order valence-electron chi connectivity index (χ3n) is 5.48. The van der Waals surface area contributed by atoms with Gasteiger partial charge in [0.2, 0.25) is 0 Å². The number of para-hydroxylation sites is 1. The molecule has 2 heterocycles. The lowest BCUT2D eigenvalue weighted by Gasteiger charge is -2.30. The number of hydrogen-bond donors (Lipinski definition) is 1. The molecule has 4 rings (SSSR count). The van der Waals surface area contributed by atoms with Crippen molar-refractivity contribution in [3.63, 3.8) is 0 Å². The highest BCUT2D eigenvalue weighted by molar-refractivity contribution is 7.80. The van der Waals surface area contributed by atoms with Crippen LogP contribution in [0, 0.1) is 32.1 Å². The van der Waals surface area contributed by atoms with E-state index >= 15 is 0 Å². The van der Waals surface area contributed by atoms with Gasteiger partial charge in [-0.05, 0) is 86.6 Å². The topological polar surface area (TPSA) is 78.1 Å². The van der Waals surface area contributed by atoms with Crippen molar-refractivity contribution in [2.75, 3.05) is 4.90 Å². The molecule has 158 valence electrons. The standard InChI is InChI=1S/C25H20N4O2S/c1-15-6-4-5-7-22(15)29-24(31)21(23(30)27-25(29)32)13-19-12-16(2)28(17(19)3)20-10-8-18(14-26)9-11-20/h4-13H,1-3H3,(H,27,30,32)/b21-13+. The minimum atomic E-state index is -0.520. The molecular formula is C25H20N4O2S. The fraction of sp³-hybridized carbons (Fsp3) is 0.120. The zero-order valence-corrected chi connectivity index (χ0v) is 18.7. The van der Waals surface area contributed by atoms with Gasteiger partial charge in [0, 0.05) is 17.1 Å². The molecule has 2 aromatic carbocycles. The Bertz CT molecular complexity index is 1340. The Morgan fingerprint density at radius 2 is 1.72 bits per heavy atom. The summed E-state index contributed by atoms with van der Waals surface area (Å²) in [6.07, 6.45) is 1.60. The number of carbonyl (C=O) groups is 2. The third kappa shape index (κ3) is 3.61. The molecule has 0 unspecified atom stereocenters. The molecule has 0 radical (unpaired) electrons. The zero-order valence-electron chi connectivity index (χ0n) is 17.8. The zero-order chi connectivity index (χ0) is 23.0. The van der Waals surface area contributed by atoms with Crippen molar-refractivity contribution in [1.82, 2.24) is 9.88 Å². The molecule has 32 heavy (non-hydrogen) atoms. The molecule has 0 saturated carbocycles. The number of aryl methyl sites for hydroxylation is 2. The van der Waals surface area contributed by atoms with Gasteiger partial charge in [0.05, 0.1) is 17.3 Å². The molecule has 1 saturated heterocycles. The van der Waals surface area contributed by atoms with Gasteiger partial charge in [-0.1, -0.05) is 18.2 Å².